The van der Waals surface area contributed by atoms with Gasteiger partial charge in [0.15, 0.2) is 6.61 Å². The van der Waals surface area contributed by atoms with Gasteiger partial charge in [0.25, 0.3) is 17.7 Å². The van der Waals surface area contributed by atoms with E-state index in [2.05, 4.69) is 12.2 Å². The number of esters is 2. The van der Waals surface area contributed by atoms with Crippen LogP contribution in [0.25, 0.3) is 0 Å². The largest absolute Gasteiger partial charge is 0.462 e. The fraction of sp³-hybridized carbons (Fsp3) is 0.375. The van der Waals surface area contributed by atoms with Gasteiger partial charge in [-0.2, -0.15) is 0 Å². The van der Waals surface area contributed by atoms with E-state index in [0.717, 1.165) is 34.6 Å². The van der Waals surface area contributed by atoms with Gasteiger partial charge in [0.1, 0.15) is 11.5 Å². The minimum atomic E-state index is -0.894. The van der Waals surface area contributed by atoms with Crippen molar-refractivity contribution in [3.8, 4) is 0 Å². The van der Waals surface area contributed by atoms with Crippen LogP contribution in [-0.2, 0) is 31.9 Å². The van der Waals surface area contributed by atoms with Gasteiger partial charge in [-0.05, 0) is 49.8 Å². The number of carbonyl (C=O) groups is 5. The Labute approximate surface area is 200 Å². The number of hydrogen-bond acceptors (Lipinski definition) is 8. The lowest BCUT2D eigenvalue weighted by molar-refractivity contribution is -0.147. The monoisotopic (exact) mass is 484 g/mol. The number of nitrogens with one attached hydrogen (secondary N) is 1. The molecule has 1 aliphatic carbocycles. The molecule has 0 saturated heterocycles. The third-order valence-corrected chi connectivity index (χ3v) is 6.94. The van der Waals surface area contributed by atoms with Crippen LogP contribution in [-0.4, -0.2) is 54.3 Å². The number of carbonyl (C=O) groups excluding carboxylic acids is 5. The van der Waals surface area contributed by atoms with E-state index in [-0.39, 0.29) is 17.7 Å². The predicted octanol–water partition coefficient (Wildman–Crippen LogP) is 2.83. The van der Waals surface area contributed by atoms with Gasteiger partial charge in [-0.25, -0.2) is 4.79 Å². The van der Waals surface area contributed by atoms with E-state index >= 15 is 0 Å². The summed E-state index contributed by atoms with van der Waals surface area (Å²) < 4.78 is 10.2. The molecule has 10 heteroatoms. The zero-order chi connectivity index (χ0) is 24.4. The zero-order valence-electron chi connectivity index (χ0n) is 18.8. The second kappa shape index (κ2) is 9.76. The van der Waals surface area contributed by atoms with Crippen molar-refractivity contribution in [1.29, 1.82) is 0 Å². The first-order valence-electron chi connectivity index (χ1n) is 11.0. The van der Waals surface area contributed by atoms with E-state index < -0.39 is 42.8 Å². The molecule has 1 atom stereocenters. The normalized spacial score (nSPS) is 16.6. The highest BCUT2D eigenvalue weighted by atomic mass is 32.1. The average Bonchev–Trinajstić information content (AvgIpc) is 3.27. The first-order valence-corrected chi connectivity index (χ1v) is 11.8. The molecule has 2 aromatic rings. The molecule has 1 N–H and O–H groups in total. The summed E-state index contributed by atoms with van der Waals surface area (Å²) in [5.74, 6) is -2.71. The molecule has 2 aliphatic rings. The molecule has 1 aromatic carbocycles. The van der Waals surface area contributed by atoms with Crippen LogP contribution in [0.5, 0.6) is 0 Å². The van der Waals surface area contributed by atoms with Crippen LogP contribution in [0, 0.1) is 5.92 Å². The lowest BCUT2D eigenvalue weighted by atomic mass is 9.88. The molecule has 0 fully saturated rings. The molecule has 3 amide bonds. The van der Waals surface area contributed by atoms with Crippen LogP contribution in [0.2, 0.25) is 0 Å². The average molecular weight is 485 g/mol. The lowest BCUT2D eigenvalue weighted by Gasteiger charge is -2.18. The second-order valence-corrected chi connectivity index (χ2v) is 9.33. The Bertz CT molecular complexity index is 1150. The Balaban J connectivity index is 1.38. The van der Waals surface area contributed by atoms with Gasteiger partial charge in [0, 0.05) is 4.88 Å². The Kier molecular flexibility index (Phi) is 6.78. The highest BCUT2D eigenvalue weighted by Gasteiger charge is 2.36. The maximum atomic E-state index is 12.6. The molecule has 0 bridgehead atoms. The van der Waals surface area contributed by atoms with Crippen molar-refractivity contribution >= 4 is 46.0 Å². The molecule has 2 heterocycles. The number of hydrogen-bond donors (Lipinski definition) is 1. The number of fused-ring (bicyclic) bond motifs is 2. The highest BCUT2D eigenvalue weighted by molar-refractivity contribution is 7.17. The number of imide groups is 1. The summed E-state index contributed by atoms with van der Waals surface area (Å²) >= 11 is 1.33. The van der Waals surface area contributed by atoms with Gasteiger partial charge >= 0.3 is 11.9 Å². The fourth-order valence-electron chi connectivity index (χ4n) is 4.12. The van der Waals surface area contributed by atoms with Crippen molar-refractivity contribution in [3.05, 3.63) is 51.4 Å². The predicted molar refractivity (Wildman–Crippen MR) is 123 cm³/mol. The van der Waals surface area contributed by atoms with Gasteiger partial charge in [0.2, 0.25) is 0 Å². The fourth-order valence-corrected chi connectivity index (χ4v) is 5.54. The third kappa shape index (κ3) is 4.58. The first kappa shape index (κ1) is 23.6. The maximum Gasteiger partial charge on any atom is 0.341 e. The Hall–Kier alpha value is -3.53. The van der Waals surface area contributed by atoms with E-state index in [1.54, 1.807) is 19.1 Å². The van der Waals surface area contributed by atoms with E-state index in [1.807, 2.05) is 0 Å². The Morgan fingerprint density at radius 2 is 1.79 bits per heavy atom. The summed E-state index contributed by atoms with van der Waals surface area (Å²) in [4.78, 5) is 63.9. The van der Waals surface area contributed by atoms with E-state index in [0.29, 0.717) is 16.5 Å². The molecule has 1 aliphatic heterocycles. The number of benzene rings is 1. The topological polar surface area (TPSA) is 119 Å². The summed E-state index contributed by atoms with van der Waals surface area (Å²) in [6.45, 7) is 2.84. The summed E-state index contributed by atoms with van der Waals surface area (Å²) in [5, 5.41) is 3.03. The molecule has 0 saturated carbocycles. The van der Waals surface area contributed by atoms with Gasteiger partial charge in [-0.3, -0.25) is 24.1 Å². The third-order valence-electron chi connectivity index (χ3n) is 5.77. The van der Waals surface area contributed by atoms with Crippen molar-refractivity contribution in [2.24, 2.45) is 5.92 Å². The van der Waals surface area contributed by atoms with Crippen LogP contribution >= 0.6 is 11.3 Å². The van der Waals surface area contributed by atoms with Crippen molar-refractivity contribution in [1.82, 2.24) is 4.90 Å². The van der Waals surface area contributed by atoms with Crippen molar-refractivity contribution in [2.75, 3.05) is 25.1 Å². The van der Waals surface area contributed by atoms with E-state index in [1.165, 1.54) is 23.5 Å². The summed E-state index contributed by atoms with van der Waals surface area (Å²) in [5.41, 5.74) is 1.71. The van der Waals surface area contributed by atoms with Crippen LogP contribution in [0.3, 0.4) is 0 Å². The highest BCUT2D eigenvalue weighted by Crippen LogP contribution is 2.40. The molecule has 1 aromatic heterocycles. The van der Waals surface area contributed by atoms with Crippen LogP contribution in [0.1, 0.15) is 61.8 Å². The number of nitrogens with zero attached hydrogens (tertiary/aromatic N) is 1. The van der Waals surface area contributed by atoms with Crippen LogP contribution in [0.4, 0.5) is 5.00 Å². The molecular formula is C24H24N2O7S. The molecule has 4 rings (SSSR count). The number of rotatable bonds is 7. The Morgan fingerprint density at radius 3 is 2.44 bits per heavy atom. The molecule has 34 heavy (non-hydrogen) atoms. The Morgan fingerprint density at radius 1 is 1.12 bits per heavy atom. The molecular weight excluding hydrogens is 460 g/mol. The summed E-state index contributed by atoms with van der Waals surface area (Å²) in [7, 11) is 0. The number of anilines is 1. The van der Waals surface area contributed by atoms with Crippen LogP contribution < -0.4 is 5.32 Å². The maximum absolute atomic E-state index is 12.6. The summed E-state index contributed by atoms with van der Waals surface area (Å²) in [6.07, 6.45) is 2.49. The summed E-state index contributed by atoms with van der Waals surface area (Å²) in [6, 6.07) is 6.28. The smallest absolute Gasteiger partial charge is 0.341 e. The van der Waals surface area contributed by atoms with Crippen molar-refractivity contribution in [3.63, 3.8) is 0 Å². The van der Waals surface area contributed by atoms with E-state index in [4.69, 9.17) is 9.47 Å². The van der Waals surface area contributed by atoms with Gasteiger partial charge in [0.05, 0.1) is 23.3 Å². The minimum Gasteiger partial charge on any atom is -0.462 e. The second-order valence-electron chi connectivity index (χ2n) is 8.23. The molecule has 0 unspecified atom stereocenters. The van der Waals surface area contributed by atoms with Crippen molar-refractivity contribution < 1.29 is 33.4 Å². The van der Waals surface area contributed by atoms with Crippen LogP contribution in [0.15, 0.2) is 24.3 Å². The van der Waals surface area contributed by atoms with Gasteiger partial charge in [-0.1, -0.05) is 19.1 Å². The molecule has 0 radical (unpaired) electrons. The minimum absolute atomic E-state index is 0.211. The standard InChI is InChI=1S/C24H24N2O7S/c1-3-32-24(31)20-16-9-8-13(2)10-17(16)34-21(20)25-18(27)12-33-19(28)11-26-22(29)14-6-4-5-7-15(14)23(26)30/h4-7,13H,3,8-12H2,1-2H3,(H,25,27)/t13-/m0/s1. The SMILES string of the molecule is CCOC(=O)c1c(NC(=O)COC(=O)CN2C(=O)c3ccccc3C2=O)sc2c1CC[C@H](C)C2. The number of thiophene rings is 1. The van der Waals surface area contributed by atoms with E-state index in [9.17, 15) is 24.0 Å². The number of amides is 3. The number of ether oxygens (including phenoxy) is 2. The molecule has 0 spiro atoms. The van der Waals surface area contributed by atoms with Crippen molar-refractivity contribution in [2.45, 2.75) is 33.1 Å². The zero-order valence-corrected chi connectivity index (χ0v) is 19.7. The first-order chi connectivity index (χ1) is 16.3. The van der Waals surface area contributed by atoms with Gasteiger partial charge < -0.3 is 14.8 Å². The lowest BCUT2D eigenvalue weighted by Crippen LogP contribution is -2.36. The molecule has 9 nitrogen and oxygen atoms in total. The van der Waals surface area contributed by atoms with Gasteiger partial charge in [-0.15, -0.1) is 11.3 Å². The quantitative estimate of drug-likeness (QED) is 0.474. The molecule has 178 valence electrons.